The van der Waals surface area contributed by atoms with E-state index in [9.17, 15) is 30.0 Å². The summed E-state index contributed by atoms with van der Waals surface area (Å²) in [6.45, 7) is 3.74. The van der Waals surface area contributed by atoms with Crippen LogP contribution < -0.4 is 0 Å². The molecule has 24 heavy (non-hydrogen) atoms. The number of rotatable bonds is 9. The fraction of sp³-hybridized carbons (Fsp3) is 0.833. The van der Waals surface area contributed by atoms with Gasteiger partial charge in [-0.05, 0) is 12.8 Å². The summed E-state index contributed by atoms with van der Waals surface area (Å²) in [6, 6.07) is 0. The second-order valence-electron chi connectivity index (χ2n) is 5.21. The van der Waals surface area contributed by atoms with E-state index in [1.165, 1.54) is 6.20 Å². The summed E-state index contributed by atoms with van der Waals surface area (Å²) in [5, 5.41) is 0. The lowest BCUT2D eigenvalue weighted by Gasteiger charge is -2.31. The molecule has 1 aliphatic heterocycles. The molecule has 0 amide bonds. The third kappa shape index (κ3) is 4.99. The summed E-state index contributed by atoms with van der Waals surface area (Å²) in [5.41, 5.74) is -5.63. The van der Waals surface area contributed by atoms with Crippen LogP contribution in [0.3, 0.4) is 0 Å². The molecular weight excluding hydrogens is 373 g/mol. The molecule has 12 heteroatoms. The van der Waals surface area contributed by atoms with Crippen molar-refractivity contribution in [2.75, 3.05) is 12.3 Å². The molecule has 1 unspecified atom stereocenters. The van der Waals surface area contributed by atoms with Crippen LogP contribution in [0.2, 0.25) is 0 Å². The topological polar surface area (TPSA) is 84.0 Å². The van der Waals surface area contributed by atoms with Gasteiger partial charge in [0.2, 0.25) is 16.4 Å². The van der Waals surface area contributed by atoms with Gasteiger partial charge in [0.15, 0.2) is 0 Å². The summed E-state index contributed by atoms with van der Waals surface area (Å²) in [6.07, 6.45) is 2.41. The zero-order valence-electron chi connectivity index (χ0n) is 13.4. The first-order valence-electron chi connectivity index (χ1n) is 7.41. The largest absolute Gasteiger partial charge is 0.523 e. The van der Waals surface area contributed by atoms with Crippen LogP contribution in [0.4, 0.5) is 13.2 Å². The lowest BCUT2D eigenvalue weighted by atomic mass is 10.3. The average Bonchev–Trinajstić information content (AvgIpc) is 2.84. The molecule has 142 valence electrons. The molecule has 0 fully saturated rings. The van der Waals surface area contributed by atoms with E-state index in [1.54, 1.807) is 6.92 Å². The first-order valence-corrected chi connectivity index (χ1v) is 10.4. The summed E-state index contributed by atoms with van der Waals surface area (Å²) in [7, 11) is -9.94. The van der Waals surface area contributed by atoms with Gasteiger partial charge >= 0.3 is 15.6 Å². The van der Waals surface area contributed by atoms with Crippen LogP contribution >= 0.6 is 0 Å². The normalized spacial score (nSPS) is 19.3. The monoisotopic (exact) mass is 394 g/mol. The molecule has 7 nitrogen and oxygen atoms in total. The predicted octanol–water partition coefficient (Wildman–Crippen LogP) is 2.16. The fourth-order valence-corrected chi connectivity index (χ4v) is 4.03. The highest BCUT2D eigenvalue weighted by atomic mass is 32.2. The van der Waals surface area contributed by atoms with E-state index in [4.69, 9.17) is 0 Å². The van der Waals surface area contributed by atoms with Gasteiger partial charge < -0.3 is 4.90 Å². The van der Waals surface area contributed by atoms with Gasteiger partial charge in [-0.3, -0.25) is 0 Å². The maximum absolute atomic E-state index is 12.6. The first kappa shape index (κ1) is 21.0. The highest BCUT2D eigenvalue weighted by Gasteiger charge is 2.51. The standard InChI is InChI=1S/C12H21F3N2O5S2/c1-3-5-7-16-8-9-17(23(18,19)10-6-4-2)11(16)22-24(20,21)12(13,14)15/h8-9,11H,3-7,10H2,1-2H3. The van der Waals surface area contributed by atoms with Gasteiger partial charge in [-0.25, -0.2) is 16.9 Å². The maximum atomic E-state index is 12.6. The van der Waals surface area contributed by atoms with Crippen molar-refractivity contribution in [3.8, 4) is 0 Å². The third-order valence-electron chi connectivity index (χ3n) is 3.25. The Balaban J connectivity index is 3.09. The van der Waals surface area contributed by atoms with Crippen LogP contribution in [0, 0.1) is 0 Å². The van der Waals surface area contributed by atoms with E-state index >= 15 is 0 Å². The quantitative estimate of drug-likeness (QED) is 0.440. The highest BCUT2D eigenvalue weighted by Crippen LogP contribution is 2.30. The Morgan fingerprint density at radius 2 is 1.62 bits per heavy atom. The Labute approximate surface area is 140 Å². The van der Waals surface area contributed by atoms with Gasteiger partial charge in [-0.2, -0.15) is 21.6 Å². The average molecular weight is 394 g/mol. The van der Waals surface area contributed by atoms with E-state index < -0.39 is 32.0 Å². The summed E-state index contributed by atoms with van der Waals surface area (Å²) >= 11 is 0. The molecule has 1 aliphatic rings. The molecule has 0 saturated heterocycles. The minimum absolute atomic E-state index is 0.158. The van der Waals surface area contributed by atoms with Gasteiger partial charge in [0.25, 0.3) is 0 Å². The van der Waals surface area contributed by atoms with Crippen LogP contribution in [-0.4, -0.2) is 50.2 Å². The van der Waals surface area contributed by atoms with E-state index in [-0.39, 0.29) is 12.3 Å². The van der Waals surface area contributed by atoms with E-state index in [0.29, 0.717) is 30.0 Å². The van der Waals surface area contributed by atoms with Crippen molar-refractivity contribution in [1.29, 1.82) is 0 Å². The first-order chi connectivity index (χ1) is 11.0. The molecule has 1 rings (SSSR count). The Bertz CT molecular complexity index is 646. The fourth-order valence-electron chi connectivity index (χ4n) is 1.90. The van der Waals surface area contributed by atoms with Gasteiger partial charge in [-0.15, -0.1) is 0 Å². The van der Waals surface area contributed by atoms with Crippen molar-refractivity contribution in [3.63, 3.8) is 0 Å². The second kappa shape index (κ2) is 7.91. The molecule has 0 aromatic heterocycles. The number of sulfonamides is 1. The van der Waals surface area contributed by atoms with Gasteiger partial charge in [0, 0.05) is 18.9 Å². The number of hydrogen-bond donors (Lipinski definition) is 0. The van der Waals surface area contributed by atoms with E-state index in [1.807, 2.05) is 6.92 Å². The summed E-state index contributed by atoms with van der Waals surface area (Å²) < 4.78 is 89.5. The highest BCUT2D eigenvalue weighted by molar-refractivity contribution is 7.89. The Hall–Kier alpha value is -1.01. The number of unbranched alkanes of at least 4 members (excludes halogenated alkanes) is 2. The molecule has 1 heterocycles. The molecule has 0 bridgehead atoms. The molecule has 0 N–H and O–H groups in total. The van der Waals surface area contributed by atoms with E-state index in [0.717, 1.165) is 11.1 Å². The van der Waals surface area contributed by atoms with Crippen LogP contribution in [0.5, 0.6) is 0 Å². The molecule has 1 atom stereocenters. The van der Waals surface area contributed by atoms with Crippen LogP contribution in [0.25, 0.3) is 0 Å². The minimum atomic E-state index is -5.94. The molecule has 0 aliphatic carbocycles. The Morgan fingerprint density at radius 3 is 2.12 bits per heavy atom. The van der Waals surface area contributed by atoms with Crippen molar-refractivity contribution >= 4 is 20.1 Å². The smallest absolute Gasteiger partial charge is 0.332 e. The molecular formula is C12H21F3N2O5S2. The van der Waals surface area contributed by atoms with Crippen molar-refractivity contribution < 1.29 is 34.2 Å². The number of alkyl halides is 3. The molecule has 0 spiro atoms. The van der Waals surface area contributed by atoms with Crippen LogP contribution in [0.1, 0.15) is 39.5 Å². The van der Waals surface area contributed by atoms with Gasteiger partial charge in [0.1, 0.15) is 0 Å². The molecule has 0 aromatic carbocycles. The van der Waals surface area contributed by atoms with Crippen LogP contribution in [0.15, 0.2) is 12.4 Å². The lowest BCUT2D eigenvalue weighted by molar-refractivity contribution is -0.0712. The number of nitrogens with zero attached hydrogens (tertiary/aromatic N) is 2. The molecule has 0 radical (unpaired) electrons. The SMILES string of the molecule is CCCCN1C=CN(S(=O)(=O)CCCC)C1OS(=O)(=O)C(F)(F)F. The van der Waals surface area contributed by atoms with Crippen molar-refractivity contribution in [1.82, 2.24) is 9.21 Å². The van der Waals surface area contributed by atoms with E-state index in [2.05, 4.69) is 4.18 Å². The maximum Gasteiger partial charge on any atom is 0.523 e. The molecule has 0 aromatic rings. The summed E-state index contributed by atoms with van der Waals surface area (Å²) in [4.78, 5) is 1.12. The number of halogens is 3. The van der Waals surface area contributed by atoms with Gasteiger partial charge in [0.05, 0.1) is 5.75 Å². The van der Waals surface area contributed by atoms with Crippen molar-refractivity contribution in [2.45, 2.75) is 51.4 Å². The zero-order valence-corrected chi connectivity index (χ0v) is 15.0. The van der Waals surface area contributed by atoms with Crippen molar-refractivity contribution in [2.24, 2.45) is 0 Å². The predicted molar refractivity (Wildman–Crippen MR) is 81.1 cm³/mol. The molecule has 0 saturated carbocycles. The van der Waals surface area contributed by atoms with Crippen molar-refractivity contribution in [3.05, 3.63) is 12.4 Å². The lowest BCUT2D eigenvalue weighted by Crippen LogP contribution is -2.47. The van der Waals surface area contributed by atoms with Crippen LogP contribution in [-0.2, 0) is 24.3 Å². The Morgan fingerprint density at radius 1 is 1.04 bits per heavy atom. The number of hydrogen-bond acceptors (Lipinski definition) is 6. The third-order valence-corrected chi connectivity index (χ3v) is 5.99. The summed E-state index contributed by atoms with van der Waals surface area (Å²) in [5.74, 6) is -0.318. The Kier molecular flexibility index (Phi) is 6.94. The second-order valence-corrected chi connectivity index (χ2v) is 8.77. The van der Waals surface area contributed by atoms with Gasteiger partial charge in [-0.1, -0.05) is 26.7 Å². The minimum Gasteiger partial charge on any atom is -0.332 e. The zero-order chi connectivity index (χ0) is 18.6.